The van der Waals surface area contributed by atoms with Gasteiger partial charge < -0.3 is 71.7 Å². The molecule has 0 spiro atoms. The van der Waals surface area contributed by atoms with E-state index in [1.807, 2.05) is 0 Å². The topological polar surface area (TPSA) is 287 Å². The minimum Gasteiger partial charge on any atom is -0.820 e. The first-order chi connectivity index (χ1) is 9.38. The van der Waals surface area contributed by atoms with Crippen LogP contribution in [0.4, 0.5) is 0 Å². The van der Waals surface area contributed by atoms with Crippen LogP contribution in [0.3, 0.4) is 0 Å². The molecule has 0 saturated carbocycles. The Bertz CT molecular complexity index is 149. The van der Waals surface area contributed by atoms with Crippen LogP contribution in [-0.4, -0.2) is 64.1 Å². The van der Waals surface area contributed by atoms with E-state index in [0.717, 1.165) is 0 Å². The molecule has 0 heterocycles. The first kappa shape index (κ1) is 36.9. The average molecular weight is 486 g/mol. The minimum atomic E-state index is -3.11. The fourth-order valence-corrected chi connectivity index (χ4v) is 1.61. The molecule has 0 saturated heterocycles. The van der Waals surface area contributed by atoms with Crippen molar-refractivity contribution in [1.29, 1.82) is 0 Å². The molecular weight excluding hydrogens is 480 g/mol. The Morgan fingerprint density at radius 1 is 0.435 bits per heavy atom. The van der Waals surface area contributed by atoms with Crippen LogP contribution in [0.2, 0.25) is 0 Å². The summed E-state index contributed by atoms with van der Waals surface area (Å²) in [7, 11) is -17.5. The van der Waals surface area contributed by atoms with Gasteiger partial charge in [-0.05, 0) is 0 Å². The third-order valence-electron chi connectivity index (χ3n) is 0.419. The first-order valence-electron chi connectivity index (χ1n) is 3.39. The van der Waals surface area contributed by atoms with Gasteiger partial charge in [-0.1, -0.05) is 0 Å². The van der Waals surface area contributed by atoms with Crippen molar-refractivity contribution in [2.24, 2.45) is 0 Å². The van der Waals surface area contributed by atoms with Crippen LogP contribution in [-0.2, 0) is 12.9 Å². The van der Waals surface area contributed by atoms with Gasteiger partial charge in [0.1, 0.15) is 0 Å². The molecule has 0 bridgehead atoms. The second-order valence-electron chi connectivity index (χ2n) is 1.67. The van der Waals surface area contributed by atoms with Crippen molar-refractivity contribution in [3.63, 3.8) is 0 Å². The van der Waals surface area contributed by atoms with E-state index in [9.17, 15) is 29.4 Å². The van der Waals surface area contributed by atoms with Crippen molar-refractivity contribution in [2.45, 2.75) is 0 Å². The van der Waals surface area contributed by atoms with Crippen LogP contribution in [0.5, 0.6) is 0 Å². The smallest absolute Gasteiger partial charge is 0.820 e. The summed E-state index contributed by atoms with van der Waals surface area (Å²) in [6, 6.07) is 0. The molecule has 0 aliphatic carbocycles. The standard InChI is InChI=1S/2Al.3H2O5P2/c;;3*1-6(2)5-7(3)4/h;;3*1-2H/q2*+3;3*-2. The van der Waals surface area contributed by atoms with Crippen LogP contribution >= 0.6 is 51.6 Å². The van der Waals surface area contributed by atoms with Gasteiger partial charge in [0.15, 0.2) is 0 Å². The van der Waals surface area contributed by atoms with Gasteiger partial charge in [0.05, 0.1) is 0 Å². The van der Waals surface area contributed by atoms with Gasteiger partial charge in [0.25, 0.3) is 0 Å². The fraction of sp³-hybridized carbons (Fsp3) is 0. The molecule has 23 heavy (non-hydrogen) atoms. The van der Waals surface area contributed by atoms with Gasteiger partial charge in [0, 0.05) is 0 Å². The maximum atomic E-state index is 9.32. The quantitative estimate of drug-likeness (QED) is 0.150. The van der Waals surface area contributed by atoms with E-state index in [0.29, 0.717) is 0 Å². The number of hydrogen-bond donors (Lipinski definition) is 6. The van der Waals surface area contributed by atoms with Crippen molar-refractivity contribution >= 4 is 86.3 Å². The van der Waals surface area contributed by atoms with Gasteiger partial charge in [-0.3, -0.25) is 0 Å². The molecule has 0 fully saturated rings. The SMILES string of the molecule is [Al+3].[Al+3].[O-]P([O-])OP(O)O.[O-]P([O-])OP(O)O.[O-]P([O-])OP(O)O. The van der Waals surface area contributed by atoms with Gasteiger partial charge >= 0.3 is 60.5 Å². The van der Waals surface area contributed by atoms with Crippen molar-refractivity contribution < 1.29 is 71.7 Å². The molecule has 132 valence electrons. The normalized spacial score (nSPS) is 10.2. The Hall–Kier alpha value is 3.04. The monoisotopic (exact) mass is 486 g/mol. The Morgan fingerprint density at radius 3 is 0.565 bits per heavy atom. The van der Waals surface area contributed by atoms with Crippen LogP contribution in [0.25, 0.3) is 0 Å². The Kier molecular flexibility index (Phi) is 40.2. The molecule has 0 aliphatic rings. The second kappa shape index (κ2) is 25.0. The Balaban J connectivity index is -0.0000000675. The molecule has 15 nitrogen and oxygen atoms in total. The van der Waals surface area contributed by atoms with Gasteiger partial charge in [-0.15, -0.1) is 25.8 Å². The van der Waals surface area contributed by atoms with E-state index in [4.69, 9.17) is 29.4 Å². The zero-order valence-corrected chi connectivity index (χ0v) is 17.9. The molecule has 0 atom stereocenters. The summed E-state index contributed by atoms with van der Waals surface area (Å²) in [6.45, 7) is 0. The molecule has 6 N–H and O–H groups in total. The van der Waals surface area contributed by atoms with Crippen molar-refractivity contribution in [3.05, 3.63) is 0 Å². The maximum absolute atomic E-state index is 9.32. The summed E-state index contributed by atoms with van der Waals surface area (Å²) in [4.78, 5) is 102. The molecule has 0 amide bonds. The molecule has 0 radical (unpaired) electrons. The van der Waals surface area contributed by atoms with Crippen LogP contribution in [0.1, 0.15) is 0 Å². The molecule has 0 aromatic rings. The van der Waals surface area contributed by atoms with Gasteiger partial charge in [-0.2, -0.15) is 0 Å². The van der Waals surface area contributed by atoms with Crippen molar-refractivity contribution in [2.75, 3.05) is 0 Å². The van der Waals surface area contributed by atoms with Crippen LogP contribution < -0.4 is 29.4 Å². The van der Waals surface area contributed by atoms with Gasteiger partial charge in [0.2, 0.25) is 0 Å². The van der Waals surface area contributed by atoms with Crippen LogP contribution in [0.15, 0.2) is 0 Å². The van der Waals surface area contributed by atoms with Gasteiger partial charge in [-0.25, -0.2) is 0 Å². The van der Waals surface area contributed by atoms with E-state index >= 15 is 0 Å². The maximum Gasteiger partial charge on any atom is 3.00 e. The fourth-order valence-electron chi connectivity index (χ4n) is 0.179. The first-order valence-corrected chi connectivity index (χ1v) is 10.2. The summed E-state index contributed by atoms with van der Waals surface area (Å²) >= 11 is 0. The summed E-state index contributed by atoms with van der Waals surface area (Å²) < 4.78 is 10.1. The Labute approximate surface area is 158 Å². The minimum absolute atomic E-state index is 0. The van der Waals surface area contributed by atoms with Crippen molar-refractivity contribution in [3.8, 4) is 0 Å². The molecular formula is H6Al2O15P6. The summed E-state index contributed by atoms with van der Waals surface area (Å²) in [5.41, 5.74) is 0. The summed E-state index contributed by atoms with van der Waals surface area (Å²) in [5.74, 6) is 0. The van der Waals surface area contributed by atoms with E-state index in [2.05, 4.69) is 12.9 Å². The predicted octanol–water partition coefficient (Wildman–Crippen LogP) is -6.28. The second-order valence-corrected chi connectivity index (χ2v) is 6.49. The van der Waals surface area contributed by atoms with Crippen molar-refractivity contribution in [1.82, 2.24) is 0 Å². The van der Waals surface area contributed by atoms with E-state index in [1.165, 1.54) is 0 Å². The zero-order chi connectivity index (χ0) is 17.6. The zero-order valence-electron chi connectivity index (χ0n) is 10.2. The number of rotatable bonds is 6. The third-order valence-corrected chi connectivity index (χ3v) is 3.77. The van der Waals surface area contributed by atoms with E-state index < -0.39 is 51.6 Å². The third kappa shape index (κ3) is 58.8. The molecule has 0 aromatic carbocycles. The number of hydrogen-bond acceptors (Lipinski definition) is 15. The van der Waals surface area contributed by atoms with E-state index in [1.54, 1.807) is 0 Å². The molecule has 0 rings (SSSR count). The van der Waals surface area contributed by atoms with Crippen LogP contribution in [0, 0.1) is 0 Å². The summed E-state index contributed by atoms with van der Waals surface area (Å²) in [6.07, 6.45) is 0. The largest absolute Gasteiger partial charge is 3.00 e. The molecule has 0 aromatic heterocycles. The average Bonchev–Trinajstić information content (AvgIpc) is 2.10. The molecule has 0 aliphatic heterocycles. The summed E-state index contributed by atoms with van der Waals surface area (Å²) in [5, 5.41) is 0. The molecule has 23 heteroatoms. The predicted molar refractivity (Wildman–Crippen MR) is 69.6 cm³/mol. The van der Waals surface area contributed by atoms with E-state index in [-0.39, 0.29) is 34.7 Å². The molecule has 0 unspecified atom stereocenters. The Morgan fingerprint density at radius 2 is 0.565 bits per heavy atom.